The quantitative estimate of drug-likeness (QED) is 0.799. The minimum Gasteiger partial charge on any atom is -0.394 e. The number of aromatic nitrogens is 2. The number of hydrogen-bond acceptors (Lipinski definition) is 5. The molecule has 0 saturated carbocycles. The van der Waals surface area contributed by atoms with Gasteiger partial charge in [-0.25, -0.2) is 4.79 Å². The van der Waals surface area contributed by atoms with Crippen LogP contribution in [0.1, 0.15) is 20.1 Å². The molecule has 2 fully saturated rings. The molecule has 7 heteroatoms. The van der Waals surface area contributed by atoms with Crippen molar-refractivity contribution in [2.24, 2.45) is 17.8 Å². The molecule has 0 bridgehead atoms. The van der Waals surface area contributed by atoms with Gasteiger partial charge in [0.05, 0.1) is 19.3 Å². The van der Waals surface area contributed by atoms with Gasteiger partial charge in [-0.05, 0) is 11.8 Å². The zero-order chi connectivity index (χ0) is 15.1. The summed E-state index contributed by atoms with van der Waals surface area (Å²) in [5.74, 6) is 0.614. The van der Waals surface area contributed by atoms with Crippen molar-refractivity contribution in [3.8, 4) is 0 Å². The molecule has 2 saturated heterocycles. The van der Waals surface area contributed by atoms with Gasteiger partial charge in [0.25, 0.3) is 5.56 Å². The van der Waals surface area contributed by atoms with E-state index in [4.69, 9.17) is 9.47 Å². The topological polar surface area (TPSA) is 93.6 Å². The summed E-state index contributed by atoms with van der Waals surface area (Å²) in [6, 6.07) is 1.30. The predicted octanol–water partition coefficient (Wildman–Crippen LogP) is -0.286. The first kappa shape index (κ1) is 14.5. The van der Waals surface area contributed by atoms with E-state index in [0.717, 1.165) is 0 Å². The zero-order valence-electron chi connectivity index (χ0n) is 12.1. The number of rotatable bonds is 3. The molecule has 0 amide bonds. The molecule has 21 heavy (non-hydrogen) atoms. The summed E-state index contributed by atoms with van der Waals surface area (Å²) in [6.45, 7) is 4.66. The monoisotopic (exact) mass is 296 g/mol. The summed E-state index contributed by atoms with van der Waals surface area (Å²) < 4.78 is 13.0. The van der Waals surface area contributed by atoms with Gasteiger partial charge in [0.15, 0.2) is 0 Å². The van der Waals surface area contributed by atoms with Gasteiger partial charge < -0.3 is 14.6 Å². The minimum absolute atomic E-state index is 0.00856. The maximum absolute atomic E-state index is 12.0. The van der Waals surface area contributed by atoms with E-state index in [0.29, 0.717) is 12.5 Å². The fourth-order valence-corrected chi connectivity index (χ4v) is 3.43. The van der Waals surface area contributed by atoms with E-state index in [1.54, 1.807) is 0 Å². The lowest BCUT2D eigenvalue weighted by atomic mass is 9.82. The summed E-state index contributed by atoms with van der Waals surface area (Å²) in [4.78, 5) is 25.5. The smallest absolute Gasteiger partial charge is 0.330 e. The number of aromatic amines is 1. The molecule has 2 aliphatic rings. The van der Waals surface area contributed by atoms with Gasteiger partial charge in [-0.1, -0.05) is 13.8 Å². The number of H-pyrrole nitrogens is 1. The van der Waals surface area contributed by atoms with E-state index in [1.165, 1.54) is 16.8 Å². The Morgan fingerprint density at radius 2 is 2.24 bits per heavy atom. The summed E-state index contributed by atoms with van der Waals surface area (Å²) in [6.07, 6.45) is 0.262. The average molecular weight is 296 g/mol. The van der Waals surface area contributed by atoms with Gasteiger partial charge >= 0.3 is 5.69 Å². The average Bonchev–Trinajstić information content (AvgIpc) is 2.98. The molecule has 0 radical (unpaired) electrons. The molecule has 3 rings (SSSR count). The first-order chi connectivity index (χ1) is 10.0. The van der Waals surface area contributed by atoms with Crippen LogP contribution in [0, 0.1) is 17.8 Å². The highest BCUT2D eigenvalue weighted by atomic mass is 16.6. The number of nitrogens with one attached hydrogen (secondary N) is 1. The van der Waals surface area contributed by atoms with Crippen molar-refractivity contribution in [2.75, 3.05) is 13.2 Å². The second-order valence-electron chi connectivity index (χ2n) is 6.05. The summed E-state index contributed by atoms with van der Waals surface area (Å²) in [7, 11) is 0. The second-order valence-corrected chi connectivity index (χ2v) is 6.05. The molecule has 116 valence electrons. The van der Waals surface area contributed by atoms with Crippen molar-refractivity contribution in [3.63, 3.8) is 0 Å². The van der Waals surface area contributed by atoms with Crippen LogP contribution < -0.4 is 11.2 Å². The third-order valence-corrected chi connectivity index (χ3v) is 4.53. The van der Waals surface area contributed by atoms with E-state index < -0.39 is 23.6 Å². The summed E-state index contributed by atoms with van der Waals surface area (Å²) in [5.41, 5.74) is -0.938. The van der Waals surface area contributed by atoms with Gasteiger partial charge in [0.1, 0.15) is 12.3 Å². The minimum atomic E-state index is -0.522. The fraction of sp³-hybridized carbons (Fsp3) is 0.714. The Hall–Kier alpha value is -1.44. The number of ether oxygens (including phenoxy) is 2. The van der Waals surface area contributed by atoms with Gasteiger partial charge in [0, 0.05) is 18.2 Å². The molecule has 1 aromatic heterocycles. The first-order valence-electron chi connectivity index (χ1n) is 7.22. The maximum atomic E-state index is 12.0. The summed E-state index contributed by atoms with van der Waals surface area (Å²) in [5, 5.41) is 9.47. The molecular formula is C14H20N2O5. The maximum Gasteiger partial charge on any atom is 0.330 e. The molecule has 0 aromatic carbocycles. The third kappa shape index (κ3) is 2.35. The van der Waals surface area contributed by atoms with E-state index in [2.05, 4.69) is 18.8 Å². The van der Waals surface area contributed by atoms with Crippen LogP contribution in [0.3, 0.4) is 0 Å². The Bertz CT molecular complexity index is 622. The van der Waals surface area contributed by atoms with Crippen LogP contribution >= 0.6 is 0 Å². The van der Waals surface area contributed by atoms with Crippen molar-refractivity contribution in [3.05, 3.63) is 33.1 Å². The molecule has 2 aliphatic heterocycles. The Labute approximate surface area is 121 Å². The second kappa shape index (κ2) is 5.40. The number of aliphatic hydroxyl groups is 1. The molecule has 1 unspecified atom stereocenters. The third-order valence-electron chi connectivity index (χ3n) is 4.53. The lowest BCUT2D eigenvalue weighted by molar-refractivity contribution is -0.0741. The predicted molar refractivity (Wildman–Crippen MR) is 73.9 cm³/mol. The highest BCUT2D eigenvalue weighted by Crippen LogP contribution is 2.47. The highest BCUT2D eigenvalue weighted by molar-refractivity contribution is 4.99. The lowest BCUT2D eigenvalue weighted by Crippen LogP contribution is -2.36. The zero-order valence-corrected chi connectivity index (χ0v) is 12.1. The van der Waals surface area contributed by atoms with Gasteiger partial charge in [-0.3, -0.25) is 14.3 Å². The standard InChI is InChI=1S/C14H20N2O5/c1-7(2)8-6-20-12-9(5-17)21-13(11(8)12)16-4-3-10(18)15-14(16)19/h3-4,7-9,11-13,17H,5-6H2,1-2H3,(H,15,18,19)/t8?,9-,11+,12+,13-/m1/s1. The van der Waals surface area contributed by atoms with Crippen LogP contribution in [-0.2, 0) is 9.47 Å². The van der Waals surface area contributed by atoms with Crippen molar-refractivity contribution < 1.29 is 14.6 Å². The Kier molecular flexibility index (Phi) is 3.73. The number of nitrogens with zero attached hydrogens (tertiary/aromatic N) is 1. The van der Waals surface area contributed by atoms with Crippen LogP contribution in [0.2, 0.25) is 0 Å². The number of hydrogen-bond donors (Lipinski definition) is 2. The Morgan fingerprint density at radius 3 is 2.86 bits per heavy atom. The van der Waals surface area contributed by atoms with Crippen molar-refractivity contribution >= 4 is 0 Å². The molecule has 2 N–H and O–H groups in total. The molecule has 7 nitrogen and oxygen atoms in total. The molecule has 1 aromatic rings. The lowest BCUT2D eigenvalue weighted by Gasteiger charge is -2.26. The van der Waals surface area contributed by atoms with E-state index >= 15 is 0 Å². The molecule has 5 atom stereocenters. The molecule has 0 aliphatic carbocycles. The normalized spacial score (nSPS) is 35.3. The van der Waals surface area contributed by atoms with Crippen LogP contribution in [-0.4, -0.2) is 40.1 Å². The van der Waals surface area contributed by atoms with Crippen molar-refractivity contribution in [1.82, 2.24) is 9.55 Å². The Morgan fingerprint density at radius 1 is 1.48 bits per heavy atom. The van der Waals surface area contributed by atoms with E-state index in [1.807, 2.05) is 0 Å². The SMILES string of the molecule is CC(C)C1CO[C@@H]2[C@H]1[C@H](n1ccc(=O)[nH]c1=O)O[C@@H]2CO. The van der Waals surface area contributed by atoms with Gasteiger partial charge in [-0.2, -0.15) is 0 Å². The van der Waals surface area contributed by atoms with Crippen LogP contribution in [0.15, 0.2) is 21.9 Å². The van der Waals surface area contributed by atoms with Gasteiger partial charge in [-0.15, -0.1) is 0 Å². The number of aliphatic hydroxyl groups excluding tert-OH is 1. The highest BCUT2D eigenvalue weighted by Gasteiger charge is 2.54. The summed E-state index contributed by atoms with van der Waals surface area (Å²) >= 11 is 0. The van der Waals surface area contributed by atoms with Crippen LogP contribution in [0.5, 0.6) is 0 Å². The van der Waals surface area contributed by atoms with Gasteiger partial charge in [0.2, 0.25) is 0 Å². The largest absolute Gasteiger partial charge is 0.394 e. The molecule has 0 spiro atoms. The van der Waals surface area contributed by atoms with E-state index in [9.17, 15) is 14.7 Å². The van der Waals surface area contributed by atoms with E-state index in [-0.39, 0.29) is 24.5 Å². The first-order valence-corrected chi connectivity index (χ1v) is 7.22. The van der Waals surface area contributed by atoms with Crippen LogP contribution in [0.25, 0.3) is 0 Å². The number of fused-ring (bicyclic) bond motifs is 1. The Balaban J connectivity index is 2.00. The van der Waals surface area contributed by atoms with Crippen LogP contribution in [0.4, 0.5) is 0 Å². The molecular weight excluding hydrogens is 276 g/mol. The molecule has 3 heterocycles. The van der Waals surface area contributed by atoms with Crippen molar-refractivity contribution in [1.29, 1.82) is 0 Å². The fourth-order valence-electron chi connectivity index (χ4n) is 3.43. The van der Waals surface area contributed by atoms with Crippen molar-refractivity contribution in [2.45, 2.75) is 32.3 Å².